The fourth-order valence-corrected chi connectivity index (χ4v) is 3.90. The molecule has 1 aliphatic carbocycles. The van der Waals surface area contributed by atoms with Crippen LogP contribution in [-0.4, -0.2) is 25.5 Å². The van der Waals surface area contributed by atoms with Gasteiger partial charge in [0.2, 0.25) is 5.95 Å². The molecule has 0 unspecified atom stereocenters. The van der Waals surface area contributed by atoms with E-state index in [0.717, 1.165) is 4.68 Å². The molecule has 1 N–H and O–H groups in total. The van der Waals surface area contributed by atoms with Crippen molar-refractivity contribution in [3.8, 4) is 0 Å². The zero-order valence-corrected chi connectivity index (χ0v) is 14.8. The lowest BCUT2D eigenvalue weighted by Gasteiger charge is -2.34. The van der Waals surface area contributed by atoms with Crippen molar-refractivity contribution in [3.63, 3.8) is 0 Å². The number of Topliss-reactive ketones (excluding diaryl/α,β-unsaturated/α-hetero) is 1. The predicted molar refractivity (Wildman–Crippen MR) is 93.7 cm³/mol. The minimum Gasteiger partial charge on any atom is -0.469 e. The molecule has 2 atom stereocenters. The molecule has 2 aliphatic rings. The number of anilines is 1. The Kier molecular flexibility index (Phi) is 3.83. The Hall–Kier alpha value is -3.43. The van der Waals surface area contributed by atoms with Crippen LogP contribution in [0.4, 0.5) is 19.1 Å². The van der Waals surface area contributed by atoms with E-state index in [-0.39, 0.29) is 24.1 Å². The molecule has 0 saturated carbocycles. The Bertz CT molecular complexity index is 1100. The van der Waals surface area contributed by atoms with Crippen molar-refractivity contribution in [2.45, 2.75) is 31.0 Å². The van der Waals surface area contributed by atoms with Crippen LogP contribution in [0.15, 0.2) is 58.6 Å². The number of alkyl halides is 3. The number of hydrogen-bond acceptors (Lipinski definition) is 6. The minimum atomic E-state index is -4.70. The van der Waals surface area contributed by atoms with Crippen LogP contribution in [0.3, 0.4) is 0 Å². The van der Waals surface area contributed by atoms with Gasteiger partial charge in [0.25, 0.3) is 5.82 Å². The van der Waals surface area contributed by atoms with E-state index in [1.807, 2.05) is 0 Å². The average molecular weight is 401 g/mol. The largest absolute Gasteiger partial charge is 0.469 e. The highest BCUT2D eigenvalue weighted by Gasteiger charge is 2.43. The van der Waals surface area contributed by atoms with Crippen LogP contribution < -0.4 is 5.32 Å². The van der Waals surface area contributed by atoms with Gasteiger partial charge in [0.15, 0.2) is 5.78 Å². The Morgan fingerprint density at radius 2 is 2.07 bits per heavy atom. The Morgan fingerprint density at radius 3 is 2.76 bits per heavy atom. The predicted octanol–water partition coefficient (Wildman–Crippen LogP) is 3.70. The number of halogens is 3. The van der Waals surface area contributed by atoms with E-state index in [4.69, 9.17) is 4.42 Å². The van der Waals surface area contributed by atoms with Gasteiger partial charge in [-0.2, -0.15) is 18.2 Å². The number of ketones is 1. The second kappa shape index (κ2) is 6.29. The first-order valence-corrected chi connectivity index (χ1v) is 8.92. The summed E-state index contributed by atoms with van der Waals surface area (Å²) in [6, 6.07) is 6.07. The number of nitrogens with zero attached hydrogens (tertiary/aromatic N) is 4. The molecular weight excluding hydrogens is 387 g/mol. The van der Waals surface area contributed by atoms with E-state index in [2.05, 4.69) is 20.4 Å². The van der Waals surface area contributed by atoms with Gasteiger partial charge < -0.3 is 9.73 Å². The van der Waals surface area contributed by atoms with Gasteiger partial charge in [0.1, 0.15) is 11.8 Å². The fraction of sp³-hybridized carbons (Fsp3) is 0.263. The monoisotopic (exact) mass is 401 g/mol. The second-order valence-corrected chi connectivity index (χ2v) is 6.95. The van der Waals surface area contributed by atoms with Crippen molar-refractivity contribution in [2.24, 2.45) is 0 Å². The molecule has 0 bridgehead atoms. The topological polar surface area (TPSA) is 85.8 Å². The molecule has 10 heteroatoms. The summed E-state index contributed by atoms with van der Waals surface area (Å²) in [4.78, 5) is 20.8. The molecule has 0 amide bonds. The second-order valence-electron chi connectivity index (χ2n) is 6.95. The number of rotatable bonds is 2. The Balaban J connectivity index is 1.64. The van der Waals surface area contributed by atoms with E-state index in [9.17, 15) is 18.0 Å². The Morgan fingerprint density at radius 1 is 1.21 bits per heavy atom. The molecule has 0 aromatic carbocycles. The van der Waals surface area contributed by atoms with Gasteiger partial charge in [-0.3, -0.25) is 9.78 Å². The van der Waals surface area contributed by atoms with Crippen molar-refractivity contribution in [2.75, 3.05) is 5.32 Å². The van der Waals surface area contributed by atoms with Gasteiger partial charge in [0, 0.05) is 36.0 Å². The average Bonchev–Trinajstić information content (AvgIpc) is 3.36. The summed E-state index contributed by atoms with van der Waals surface area (Å²) in [5.41, 5.74) is 1.48. The van der Waals surface area contributed by atoms with Crippen LogP contribution in [0.1, 0.15) is 41.9 Å². The number of hydrogen-bond donors (Lipinski definition) is 1. The summed E-state index contributed by atoms with van der Waals surface area (Å²) < 4.78 is 46.2. The van der Waals surface area contributed by atoms with Crippen LogP contribution >= 0.6 is 0 Å². The lowest BCUT2D eigenvalue weighted by molar-refractivity contribution is -0.145. The smallest absolute Gasteiger partial charge is 0.453 e. The Labute approximate surface area is 162 Å². The normalized spacial score (nSPS) is 21.6. The molecule has 0 fully saturated rings. The highest BCUT2D eigenvalue weighted by atomic mass is 19.4. The molecule has 4 heterocycles. The van der Waals surface area contributed by atoms with E-state index < -0.39 is 18.0 Å². The van der Waals surface area contributed by atoms with Crippen LogP contribution in [0, 0.1) is 0 Å². The summed E-state index contributed by atoms with van der Waals surface area (Å²) in [6.45, 7) is 0. The molecule has 1 aliphatic heterocycles. The van der Waals surface area contributed by atoms with Gasteiger partial charge in [-0.25, -0.2) is 4.68 Å². The van der Waals surface area contributed by atoms with Crippen molar-refractivity contribution in [1.82, 2.24) is 19.7 Å². The van der Waals surface area contributed by atoms with Crippen molar-refractivity contribution >= 4 is 11.7 Å². The van der Waals surface area contributed by atoms with Crippen LogP contribution in [0.25, 0.3) is 0 Å². The molecule has 0 saturated heterocycles. The zero-order valence-electron chi connectivity index (χ0n) is 14.8. The third-order valence-corrected chi connectivity index (χ3v) is 5.12. The van der Waals surface area contributed by atoms with Crippen molar-refractivity contribution < 1.29 is 22.4 Å². The lowest BCUT2D eigenvalue weighted by atomic mass is 9.80. The highest BCUT2D eigenvalue weighted by Crippen LogP contribution is 2.44. The van der Waals surface area contributed by atoms with Gasteiger partial charge in [-0.15, -0.1) is 5.10 Å². The van der Waals surface area contributed by atoms with Crippen molar-refractivity contribution in [1.29, 1.82) is 0 Å². The van der Waals surface area contributed by atoms with Gasteiger partial charge in [-0.1, -0.05) is 6.07 Å². The van der Waals surface area contributed by atoms with Crippen LogP contribution in [-0.2, 0) is 11.0 Å². The number of fused-ring (bicyclic) bond motifs is 1. The number of pyridine rings is 1. The standard InChI is InChI=1S/C19H14F3N5O2/c20-19(21,22)17-25-18-24-12-7-11(14-4-2-6-29-14)8-13(28)15(12)16(27(18)26-17)10-3-1-5-23-9-10/h1-6,9,11,16H,7-8H2,(H,24,25,26)/t11-,16-/m1/s1. The maximum Gasteiger partial charge on any atom is 0.453 e. The number of carbonyl (C=O) groups excluding carboxylic acids is 1. The van der Waals surface area contributed by atoms with E-state index in [0.29, 0.717) is 29.0 Å². The first kappa shape index (κ1) is 17.7. The third kappa shape index (κ3) is 2.91. The molecule has 3 aromatic heterocycles. The maximum absolute atomic E-state index is 13.2. The zero-order chi connectivity index (χ0) is 20.2. The van der Waals surface area contributed by atoms with E-state index in [1.165, 1.54) is 12.5 Å². The molecular formula is C19H14F3N5O2. The van der Waals surface area contributed by atoms with Crippen LogP contribution in [0.2, 0.25) is 0 Å². The summed E-state index contributed by atoms with van der Waals surface area (Å²) in [5, 5.41) is 6.56. The third-order valence-electron chi connectivity index (χ3n) is 5.12. The van der Waals surface area contributed by atoms with Crippen molar-refractivity contribution in [3.05, 3.63) is 71.3 Å². The molecule has 3 aromatic rings. The van der Waals surface area contributed by atoms with E-state index >= 15 is 0 Å². The first-order valence-electron chi connectivity index (χ1n) is 8.92. The SMILES string of the molecule is O=C1C[C@H](c2ccco2)CC2=C1[C@@H](c1cccnc1)n1nc(C(F)(F)F)nc1N2. The first-order chi connectivity index (χ1) is 13.9. The molecule has 7 nitrogen and oxygen atoms in total. The summed E-state index contributed by atoms with van der Waals surface area (Å²) in [7, 11) is 0. The lowest BCUT2D eigenvalue weighted by Crippen LogP contribution is -2.33. The quantitative estimate of drug-likeness (QED) is 0.705. The summed E-state index contributed by atoms with van der Waals surface area (Å²) in [5.74, 6) is -1.03. The molecule has 29 heavy (non-hydrogen) atoms. The minimum absolute atomic E-state index is 0.0576. The van der Waals surface area contributed by atoms with Gasteiger partial charge in [-0.05, 0) is 30.2 Å². The maximum atomic E-state index is 13.2. The molecule has 0 spiro atoms. The number of allylic oxidation sites excluding steroid dienone is 2. The number of nitrogens with one attached hydrogen (secondary N) is 1. The highest BCUT2D eigenvalue weighted by molar-refractivity contribution is 6.00. The number of furan rings is 1. The number of aromatic nitrogens is 4. The van der Waals surface area contributed by atoms with Gasteiger partial charge in [0.05, 0.1) is 6.26 Å². The summed E-state index contributed by atoms with van der Waals surface area (Å²) in [6.07, 6.45) is 0.514. The number of carbonyl (C=O) groups is 1. The van der Waals surface area contributed by atoms with Gasteiger partial charge >= 0.3 is 6.18 Å². The molecule has 5 rings (SSSR count). The summed E-state index contributed by atoms with van der Waals surface area (Å²) >= 11 is 0. The van der Waals surface area contributed by atoms with Crippen LogP contribution in [0.5, 0.6) is 0 Å². The molecule has 148 valence electrons. The fourth-order valence-electron chi connectivity index (χ4n) is 3.90. The van der Waals surface area contributed by atoms with E-state index in [1.54, 1.807) is 30.5 Å². The molecule has 0 radical (unpaired) electrons.